The summed E-state index contributed by atoms with van der Waals surface area (Å²) in [4.78, 5) is 21.1. The molecule has 0 saturated carbocycles. The van der Waals surface area contributed by atoms with E-state index in [4.69, 9.17) is 0 Å². The maximum absolute atomic E-state index is 11.6. The van der Waals surface area contributed by atoms with E-state index in [-0.39, 0.29) is 12.1 Å². The zero-order valence-electron chi connectivity index (χ0n) is 20.7. The molecule has 188 valence electrons. The molecule has 0 bridgehead atoms. The summed E-state index contributed by atoms with van der Waals surface area (Å²) in [7, 11) is 1.90. The van der Waals surface area contributed by atoms with Crippen molar-refractivity contribution in [2.45, 2.75) is 36.0 Å². The van der Waals surface area contributed by atoms with Crippen molar-refractivity contribution in [2.24, 2.45) is 7.05 Å². The van der Waals surface area contributed by atoms with Crippen molar-refractivity contribution in [2.75, 3.05) is 18.0 Å². The van der Waals surface area contributed by atoms with Crippen molar-refractivity contribution in [3.8, 4) is 11.1 Å². The molecule has 2 unspecified atom stereocenters. The van der Waals surface area contributed by atoms with Gasteiger partial charge in [-0.1, -0.05) is 0 Å². The van der Waals surface area contributed by atoms with Gasteiger partial charge in [0.05, 0.1) is 35.7 Å². The Morgan fingerprint density at radius 3 is 2.54 bits per heavy atom. The summed E-state index contributed by atoms with van der Waals surface area (Å²) in [5, 5.41) is 24.4. The van der Waals surface area contributed by atoms with E-state index in [0.717, 1.165) is 43.4 Å². The Labute approximate surface area is 217 Å². The van der Waals surface area contributed by atoms with Gasteiger partial charge in [-0.25, -0.2) is 4.79 Å². The number of hydrogen-bond donors (Lipinski definition) is 1. The highest BCUT2D eigenvalue weighted by atomic mass is 32.2. The predicted octanol–water partition coefficient (Wildman–Crippen LogP) is 4.41. The predicted molar refractivity (Wildman–Crippen MR) is 142 cm³/mol. The van der Waals surface area contributed by atoms with Gasteiger partial charge in [0.25, 0.3) is 0 Å². The maximum atomic E-state index is 11.6. The van der Waals surface area contributed by atoms with Crippen LogP contribution in [0.3, 0.4) is 0 Å². The Morgan fingerprint density at radius 1 is 1.00 bits per heavy atom. The average molecular weight is 515 g/mol. The molecule has 6 rings (SSSR count). The van der Waals surface area contributed by atoms with Crippen LogP contribution >= 0.6 is 11.8 Å². The third-order valence-corrected chi connectivity index (χ3v) is 7.71. The number of fused-ring (bicyclic) bond motifs is 2. The van der Waals surface area contributed by atoms with Crippen LogP contribution in [0.15, 0.2) is 71.2 Å². The van der Waals surface area contributed by atoms with Gasteiger partial charge in [-0.2, -0.15) is 5.10 Å². The Hall–Kier alpha value is -4.12. The standard InChI is InChI=1S/C26H26N8O2S/c1-16-12-32(13-17(2)34(16)26(35)36)21-8-19-9-22(5-6-23(19)27-11-21)37-25-30-29-24-7-4-18(15-33(24)25)20-10-28-31(3)14-20/h4-11,14-17H,12-13H2,1-3H3,(H,35,36). The summed E-state index contributed by atoms with van der Waals surface area (Å²) in [6.45, 7) is 5.15. The molecule has 4 aromatic heterocycles. The van der Waals surface area contributed by atoms with Crippen LogP contribution in [0, 0.1) is 0 Å². The molecule has 11 heteroatoms. The molecule has 0 spiro atoms. The van der Waals surface area contributed by atoms with Gasteiger partial charge in [-0.05, 0) is 62.0 Å². The molecular weight excluding hydrogens is 488 g/mol. The highest BCUT2D eigenvalue weighted by molar-refractivity contribution is 7.99. The van der Waals surface area contributed by atoms with Crippen molar-refractivity contribution in [3.63, 3.8) is 0 Å². The van der Waals surface area contributed by atoms with E-state index in [1.54, 1.807) is 16.4 Å². The number of rotatable bonds is 4. The lowest BCUT2D eigenvalue weighted by Crippen LogP contribution is -2.58. The van der Waals surface area contributed by atoms with Crippen LogP contribution < -0.4 is 4.90 Å². The van der Waals surface area contributed by atoms with Gasteiger partial charge in [-0.15, -0.1) is 10.2 Å². The van der Waals surface area contributed by atoms with Crippen molar-refractivity contribution < 1.29 is 9.90 Å². The van der Waals surface area contributed by atoms with Gasteiger partial charge in [-0.3, -0.25) is 19.0 Å². The van der Waals surface area contributed by atoms with Crippen molar-refractivity contribution >= 4 is 40.1 Å². The molecule has 1 aromatic carbocycles. The number of piperazine rings is 1. The fourth-order valence-electron chi connectivity index (χ4n) is 5.03. The third-order valence-electron chi connectivity index (χ3n) is 6.76. The topological polar surface area (TPSA) is 105 Å². The van der Waals surface area contributed by atoms with Crippen LogP contribution in [0.5, 0.6) is 0 Å². The van der Waals surface area contributed by atoms with Crippen LogP contribution in [0.2, 0.25) is 0 Å². The normalized spacial score (nSPS) is 18.1. The molecule has 1 aliphatic rings. The van der Waals surface area contributed by atoms with E-state index in [9.17, 15) is 9.90 Å². The average Bonchev–Trinajstić information content (AvgIpc) is 3.48. The van der Waals surface area contributed by atoms with E-state index in [1.165, 1.54) is 4.90 Å². The number of aryl methyl sites for hydroxylation is 1. The summed E-state index contributed by atoms with van der Waals surface area (Å²) in [6, 6.07) is 12.1. The molecule has 37 heavy (non-hydrogen) atoms. The van der Waals surface area contributed by atoms with E-state index >= 15 is 0 Å². The molecular formula is C26H26N8O2S. The first kappa shape index (κ1) is 23.3. The van der Waals surface area contributed by atoms with E-state index in [2.05, 4.69) is 37.3 Å². The number of carboxylic acid groups (broad SMARTS) is 1. The molecule has 1 amide bonds. The number of pyridine rings is 2. The first-order valence-electron chi connectivity index (χ1n) is 12.0. The fourth-order valence-corrected chi connectivity index (χ4v) is 5.89. The Kier molecular flexibility index (Phi) is 5.71. The lowest BCUT2D eigenvalue weighted by molar-refractivity contribution is 0.0982. The molecule has 2 atom stereocenters. The summed E-state index contributed by atoms with van der Waals surface area (Å²) < 4.78 is 3.78. The highest BCUT2D eigenvalue weighted by Crippen LogP contribution is 2.32. The summed E-state index contributed by atoms with van der Waals surface area (Å²) in [5.74, 6) is 0. The second-order valence-electron chi connectivity index (χ2n) is 9.47. The lowest BCUT2D eigenvalue weighted by atomic mass is 10.1. The monoisotopic (exact) mass is 514 g/mol. The summed E-state index contributed by atoms with van der Waals surface area (Å²) in [6.07, 6.45) is 6.86. The molecule has 1 saturated heterocycles. The largest absolute Gasteiger partial charge is 0.465 e. The molecule has 0 aliphatic carbocycles. The van der Waals surface area contributed by atoms with Crippen molar-refractivity contribution in [1.82, 2.24) is 34.3 Å². The minimum absolute atomic E-state index is 0.100. The Bertz CT molecular complexity index is 1620. The molecule has 1 aliphatic heterocycles. The second kappa shape index (κ2) is 9.07. The van der Waals surface area contributed by atoms with Gasteiger partial charge < -0.3 is 10.0 Å². The molecule has 10 nitrogen and oxygen atoms in total. The Balaban J connectivity index is 1.28. The van der Waals surface area contributed by atoms with Gasteiger partial charge in [0.15, 0.2) is 10.8 Å². The maximum Gasteiger partial charge on any atom is 0.407 e. The van der Waals surface area contributed by atoms with Gasteiger partial charge in [0, 0.05) is 53.9 Å². The minimum atomic E-state index is -0.869. The number of anilines is 1. The zero-order valence-corrected chi connectivity index (χ0v) is 21.5. The molecule has 1 N–H and O–H groups in total. The lowest BCUT2D eigenvalue weighted by Gasteiger charge is -2.43. The van der Waals surface area contributed by atoms with E-state index in [0.29, 0.717) is 13.1 Å². The quantitative estimate of drug-likeness (QED) is 0.376. The van der Waals surface area contributed by atoms with Crippen LogP contribution in [0.25, 0.3) is 27.7 Å². The Morgan fingerprint density at radius 2 is 1.81 bits per heavy atom. The van der Waals surface area contributed by atoms with E-state index < -0.39 is 6.09 Å². The van der Waals surface area contributed by atoms with Crippen molar-refractivity contribution in [1.29, 1.82) is 0 Å². The van der Waals surface area contributed by atoms with Crippen LogP contribution in [0.4, 0.5) is 10.5 Å². The number of hydrogen-bond acceptors (Lipinski definition) is 7. The summed E-state index contributed by atoms with van der Waals surface area (Å²) in [5.41, 5.74) is 4.76. The smallest absolute Gasteiger partial charge is 0.407 e. The fraction of sp³-hybridized carbons (Fsp3) is 0.269. The van der Waals surface area contributed by atoms with Crippen LogP contribution in [-0.4, -0.2) is 70.6 Å². The van der Waals surface area contributed by atoms with Gasteiger partial charge >= 0.3 is 6.09 Å². The van der Waals surface area contributed by atoms with Crippen molar-refractivity contribution in [3.05, 3.63) is 61.2 Å². The number of benzene rings is 1. The molecule has 5 heterocycles. The first-order valence-corrected chi connectivity index (χ1v) is 12.8. The highest BCUT2D eigenvalue weighted by Gasteiger charge is 2.33. The number of aromatic nitrogens is 6. The van der Waals surface area contributed by atoms with Gasteiger partial charge in [0.1, 0.15) is 0 Å². The zero-order chi connectivity index (χ0) is 25.7. The number of amides is 1. The third kappa shape index (κ3) is 4.35. The van der Waals surface area contributed by atoms with E-state index in [1.807, 2.05) is 74.3 Å². The SMILES string of the molecule is CC1CN(c2cnc3ccc(Sc4nnc5ccc(-c6cnn(C)c6)cn45)cc3c2)CC(C)N1C(=O)O. The molecule has 1 fully saturated rings. The molecule has 0 radical (unpaired) electrons. The summed E-state index contributed by atoms with van der Waals surface area (Å²) >= 11 is 1.55. The van der Waals surface area contributed by atoms with Crippen LogP contribution in [0.1, 0.15) is 13.8 Å². The second-order valence-corrected chi connectivity index (χ2v) is 10.5. The first-order chi connectivity index (χ1) is 17.9. The number of carbonyl (C=O) groups is 1. The van der Waals surface area contributed by atoms with Crippen LogP contribution in [-0.2, 0) is 7.05 Å². The number of nitrogens with zero attached hydrogens (tertiary/aromatic N) is 8. The minimum Gasteiger partial charge on any atom is -0.465 e. The molecule has 5 aromatic rings. The van der Waals surface area contributed by atoms with Gasteiger partial charge in [0.2, 0.25) is 0 Å².